The van der Waals surface area contributed by atoms with E-state index in [-0.39, 0.29) is 45.6 Å². The van der Waals surface area contributed by atoms with Crippen LogP contribution in [0.5, 0.6) is 0 Å². The van der Waals surface area contributed by atoms with E-state index in [0.29, 0.717) is 12.1 Å². The smallest absolute Gasteiger partial charge is 0.303 e. The minimum Gasteiger partial charge on any atom is -0.303 e. The Hall–Kier alpha value is -1.24. The van der Waals surface area contributed by atoms with E-state index in [4.69, 9.17) is 46.4 Å². The van der Waals surface area contributed by atoms with Crippen LogP contribution in [0.15, 0.2) is 121 Å². The van der Waals surface area contributed by atoms with E-state index in [0.717, 1.165) is 116 Å². The van der Waals surface area contributed by atoms with E-state index in [1.54, 1.807) is 0 Å². The summed E-state index contributed by atoms with van der Waals surface area (Å²) in [5.41, 5.74) is 5.01. The molecule has 0 aromatic heterocycles. The first-order valence-electron chi connectivity index (χ1n) is 22.6. The van der Waals surface area contributed by atoms with Crippen molar-refractivity contribution < 1.29 is 34.1 Å². The van der Waals surface area contributed by atoms with Gasteiger partial charge in [-0.25, -0.2) is 0 Å². The van der Waals surface area contributed by atoms with Gasteiger partial charge in [0.2, 0.25) is 0 Å². The van der Waals surface area contributed by atoms with E-state index < -0.39 is 9.46 Å². The summed E-state index contributed by atoms with van der Waals surface area (Å²) in [6.07, 6.45) is 1.13. The largest absolute Gasteiger partial charge is 2.00 e. The van der Waals surface area contributed by atoms with Crippen LogP contribution in [0, 0.1) is 0 Å². The molecule has 0 saturated carbocycles. The SMILES string of the molecule is CN1CCN2CCC(c3ccccc3)N(C)CCN(CC2)C(Cl)(c2ccccc2)C(Cl)C1.CN1CCN2CCN(CCN(C)C(c3ccccc3)C2(Cl)Cl)C(c2ccccc2)C1.[Mn+2].[Mn+2]. The number of rotatable bonds is 4. The summed E-state index contributed by atoms with van der Waals surface area (Å²) in [7, 11) is 8.76. The van der Waals surface area contributed by atoms with Crippen LogP contribution in [-0.4, -0.2) is 175 Å². The van der Waals surface area contributed by atoms with Gasteiger partial charge in [-0.05, 0) is 56.9 Å². The van der Waals surface area contributed by atoms with Crippen LogP contribution < -0.4 is 0 Å². The van der Waals surface area contributed by atoms with Gasteiger partial charge in [0, 0.05) is 110 Å². The normalized spacial score (nSPS) is 31.4. The van der Waals surface area contributed by atoms with Gasteiger partial charge in [0.15, 0.2) is 4.46 Å². The second kappa shape index (κ2) is 25.4. The van der Waals surface area contributed by atoms with Crippen molar-refractivity contribution in [3.05, 3.63) is 144 Å². The Labute approximate surface area is 426 Å². The molecular formula is C50H68Cl4Mn2N8+4. The predicted octanol–water partition coefficient (Wildman–Crippen LogP) is 8.40. The van der Waals surface area contributed by atoms with Gasteiger partial charge in [0.25, 0.3) is 0 Å². The van der Waals surface area contributed by atoms with Gasteiger partial charge in [-0.2, -0.15) is 0 Å². The Morgan fingerprint density at radius 1 is 0.453 bits per heavy atom. The van der Waals surface area contributed by atoms with Crippen molar-refractivity contribution in [2.45, 2.75) is 39.4 Å². The maximum absolute atomic E-state index is 7.56. The molecule has 9 atom stereocenters. The Kier molecular flexibility index (Phi) is 21.3. The van der Waals surface area contributed by atoms with Crippen molar-refractivity contribution in [1.29, 1.82) is 0 Å². The van der Waals surface area contributed by atoms with Crippen LogP contribution in [0.4, 0.5) is 0 Å². The average molecular weight is 1030 g/mol. The second-order valence-electron chi connectivity index (χ2n) is 17.9. The molecule has 64 heavy (non-hydrogen) atoms. The van der Waals surface area contributed by atoms with Crippen LogP contribution in [0.1, 0.15) is 46.8 Å². The van der Waals surface area contributed by atoms with E-state index >= 15 is 0 Å². The molecule has 4 bridgehead atoms. The number of fused-ring (bicyclic) bond motifs is 6. The molecule has 0 N–H and O–H groups in total. The number of nitrogens with zero attached hydrogens (tertiary/aromatic N) is 8. The first-order valence-corrected chi connectivity index (χ1v) is 24.2. The Morgan fingerprint density at radius 3 is 1.53 bits per heavy atom. The zero-order valence-electron chi connectivity index (χ0n) is 38.0. The van der Waals surface area contributed by atoms with Gasteiger partial charge in [0.05, 0.1) is 11.4 Å². The first-order chi connectivity index (χ1) is 29.9. The molecule has 0 aliphatic carbocycles. The van der Waals surface area contributed by atoms with Crippen LogP contribution in [0.3, 0.4) is 0 Å². The molecule has 4 fully saturated rings. The fraction of sp³-hybridized carbons (Fsp3) is 0.520. The molecule has 4 aliphatic rings. The van der Waals surface area contributed by atoms with Crippen molar-refractivity contribution in [2.75, 3.05) is 126 Å². The molecular weight excluding hydrogens is 964 g/mol. The molecule has 9 unspecified atom stereocenters. The standard InChI is InChI=1S/C26H36Cl2N4.C24H32Cl2N4.2Mn/c1-29-15-17-31-14-13-24(22-9-5-3-6-10-22)30(2)16-19-32(20-18-31)26(28,25(27)21-29)23-11-7-4-8-12-23;1-27-13-17-30-18-16-29(22(19-27)20-9-5-3-6-10-20)15-14-28(2)23(24(30,25)26)21-11-7-4-8-12-21;;/h3-12,24-25H,13-21H2,1-2H3;3-12,22-23H,13-19H2,1-2H3;;/q;;2*+2. The van der Waals surface area contributed by atoms with Gasteiger partial charge >= 0.3 is 34.1 Å². The molecule has 2 radical (unpaired) electrons. The Morgan fingerprint density at radius 2 is 0.906 bits per heavy atom. The molecule has 8 nitrogen and oxygen atoms in total. The van der Waals surface area contributed by atoms with Gasteiger partial charge in [-0.1, -0.05) is 156 Å². The Bertz CT molecular complexity index is 1930. The molecule has 8 rings (SSSR count). The van der Waals surface area contributed by atoms with Crippen molar-refractivity contribution in [1.82, 2.24) is 39.2 Å². The third kappa shape index (κ3) is 13.3. The average Bonchev–Trinajstić information content (AvgIpc) is 3.39. The summed E-state index contributed by atoms with van der Waals surface area (Å²) in [6, 6.07) is 43.4. The third-order valence-electron chi connectivity index (χ3n) is 13.7. The van der Waals surface area contributed by atoms with Crippen molar-refractivity contribution in [3.63, 3.8) is 0 Å². The van der Waals surface area contributed by atoms with E-state index in [9.17, 15) is 0 Å². The summed E-state index contributed by atoms with van der Waals surface area (Å²) >= 11 is 29.1. The van der Waals surface area contributed by atoms with Crippen LogP contribution in [0.25, 0.3) is 0 Å². The summed E-state index contributed by atoms with van der Waals surface area (Å²) in [5, 5.41) is -0.221. The number of hydrogen-bond acceptors (Lipinski definition) is 8. The van der Waals surface area contributed by atoms with E-state index in [1.165, 1.54) is 11.1 Å². The summed E-state index contributed by atoms with van der Waals surface area (Å²) in [6.45, 7) is 14.1. The molecule has 4 aliphatic heterocycles. The maximum atomic E-state index is 7.56. The first kappa shape index (κ1) is 53.7. The molecule has 4 aromatic rings. The molecule has 4 saturated heterocycles. The molecule has 14 heteroatoms. The molecule has 0 spiro atoms. The zero-order chi connectivity index (χ0) is 43.7. The molecule has 4 heterocycles. The number of likely N-dealkylation sites (N-methyl/N-ethyl adjacent to an activating group) is 4. The van der Waals surface area contributed by atoms with E-state index in [1.807, 2.05) is 12.1 Å². The summed E-state index contributed by atoms with van der Waals surface area (Å²) in [5.74, 6) is 0. The van der Waals surface area contributed by atoms with Gasteiger partial charge in [-0.15, -0.1) is 11.6 Å². The fourth-order valence-electron chi connectivity index (χ4n) is 9.93. The molecule has 4 aromatic carbocycles. The number of alkyl halides is 4. The minimum absolute atomic E-state index is 0. The minimum atomic E-state index is -1.00. The summed E-state index contributed by atoms with van der Waals surface area (Å²) < 4.78 is -1.00. The maximum Gasteiger partial charge on any atom is 2.00 e. The van der Waals surface area contributed by atoms with E-state index in [2.05, 4.69) is 177 Å². The second-order valence-corrected chi connectivity index (χ2v) is 20.3. The topological polar surface area (TPSA) is 25.9 Å². The van der Waals surface area contributed by atoms with Crippen LogP contribution in [-0.2, 0) is 39.1 Å². The predicted molar refractivity (Wildman–Crippen MR) is 262 cm³/mol. The third-order valence-corrected chi connectivity index (χ3v) is 15.9. The number of halogens is 4. The zero-order valence-corrected chi connectivity index (χ0v) is 43.4. The van der Waals surface area contributed by atoms with Crippen LogP contribution >= 0.6 is 46.4 Å². The van der Waals surface area contributed by atoms with Gasteiger partial charge in [-0.3, -0.25) is 24.5 Å². The fourth-order valence-corrected chi connectivity index (χ4v) is 11.7. The Balaban J connectivity index is 0.000000234. The quantitative estimate of drug-likeness (QED) is 0.114. The van der Waals surface area contributed by atoms with Gasteiger partial charge < -0.3 is 14.7 Å². The molecule has 346 valence electrons. The van der Waals surface area contributed by atoms with Crippen molar-refractivity contribution >= 4 is 46.4 Å². The number of hydrogen-bond donors (Lipinski definition) is 0. The van der Waals surface area contributed by atoms with Crippen molar-refractivity contribution in [3.8, 4) is 0 Å². The number of benzene rings is 4. The van der Waals surface area contributed by atoms with Crippen molar-refractivity contribution in [2.24, 2.45) is 0 Å². The summed E-state index contributed by atoms with van der Waals surface area (Å²) in [4.78, 5) is 18.7. The van der Waals surface area contributed by atoms with Crippen LogP contribution in [0.2, 0.25) is 0 Å². The monoisotopic (exact) mass is 1030 g/mol. The van der Waals surface area contributed by atoms with Gasteiger partial charge in [0.1, 0.15) is 5.00 Å². The molecule has 0 amide bonds.